The molecule has 134 valence electrons. The van der Waals surface area contributed by atoms with Gasteiger partial charge in [0.2, 0.25) is 11.9 Å². The van der Waals surface area contributed by atoms with E-state index >= 15 is 0 Å². The molecule has 26 heavy (non-hydrogen) atoms. The van der Waals surface area contributed by atoms with Crippen molar-refractivity contribution >= 4 is 17.5 Å². The average molecular weight is 350 g/mol. The molecule has 0 radical (unpaired) electrons. The van der Waals surface area contributed by atoms with E-state index in [1.54, 1.807) is 12.4 Å². The second kappa shape index (κ2) is 6.40. The minimum atomic E-state index is -0.127. The van der Waals surface area contributed by atoms with Gasteiger partial charge in [-0.1, -0.05) is 6.07 Å². The van der Waals surface area contributed by atoms with Crippen molar-refractivity contribution in [2.24, 2.45) is 0 Å². The second-order valence-electron chi connectivity index (χ2n) is 7.00. The Morgan fingerprint density at radius 3 is 2.81 bits per heavy atom. The van der Waals surface area contributed by atoms with Gasteiger partial charge in [0.25, 0.3) is 0 Å². The van der Waals surface area contributed by atoms with Crippen LogP contribution in [0.5, 0.6) is 0 Å². The Bertz CT molecular complexity index is 960. The topological polar surface area (TPSA) is 84.2 Å². The standard InChI is InChI=1S/C19H22N6O/c1-11(2)23-19-21-8-13(9-22-19)14-7-16(26)20-10-15-17(14)25-6-4-5-12(3)18(25)24-15/h4-6,8-9,11,14H,7,10H2,1-3H3,(H,20,26)(H,21,22,23). The maximum Gasteiger partial charge on any atom is 0.222 e. The first-order valence-corrected chi connectivity index (χ1v) is 8.84. The minimum Gasteiger partial charge on any atom is -0.352 e. The second-order valence-corrected chi connectivity index (χ2v) is 7.00. The zero-order valence-electron chi connectivity index (χ0n) is 15.2. The minimum absolute atomic E-state index is 0.0128. The Morgan fingerprint density at radius 2 is 2.08 bits per heavy atom. The number of nitrogens with one attached hydrogen (secondary N) is 2. The highest BCUT2D eigenvalue weighted by Gasteiger charge is 2.29. The fourth-order valence-corrected chi connectivity index (χ4v) is 3.43. The van der Waals surface area contributed by atoms with Gasteiger partial charge in [0.05, 0.1) is 17.9 Å². The molecule has 1 atom stereocenters. The molecule has 0 fully saturated rings. The molecular formula is C19H22N6O. The summed E-state index contributed by atoms with van der Waals surface area (Å²) in [5.74, 6) is 0.479. The molecule has 3 aromatic rings. The summed E-state index contributed by atoms with van der Waals surface area (Å²) in [6.07, 6.45) is 5.97. The van der Waals surface area contributed by atoms with Crippen molar-refractivity contribution in [1.29, 1.82) is 0 Å². The van der Waals surface area contributed by atoms with E-state index in [4.69, 9.17) is 4.98 Å². The van der Waals surface area contributed by atoms with Crippen LogP contribution in [0.25, 0.3) is 5.65 Å². The zero-order chi connectivity index (χ0) is 18.3. The molecule has 0 aromatic carbocycles. The predicted molar refractivity (Wildman–Crippen MR) is 99.0 cm³/mol. The van der Waals surface area contributed by atoms with E-state index in [0.717, 1.165) is 28.2 Å². The van der Waals surface area contributed by atoms with Crippen LogP contribution in [0.15, 0.2) is 30.7 Å². The van der Waals surface area contributed by atoms with Crippen molar-refractivity contribution in [2.45, 2.75) is 45.7 Å². The fraction of sp³-hybridized carbons (Fsp3) is 0.368. The van der Waals surface area contributed by atoms with Crippen LogP contribution in [0.1, 0.15) is 48.7 Å². The summed E-state index contributed by atoms with van der Waals surface area (Å²) in [7, 11) is 0. The van der Waals surface area contributed by atoms with Crippen LogP contribution in [0, 0.1) is 6.92 Å². The molecule has 1 unspecified atom stereocenters. The number of aromatic nitrogens is 4. The van der Waals surface area contributed by atoms with E-state index in [1.165, 1.54) is 0 Å². The maximum absolute atomic E-state index is 12.2. The van der Waals surface area contributed by atoms with E-state index in [0.29, 0.717) is 18.9 Å². The number of rotatable bonds is 3. The lowest BCUT2D eigenvalue weighted by Gasteiger charge is -2.16. The largest absolute Gasteiger partial charge is 0.352 e. The van der Waals surface area contributed by atoms with Crippen molar-refractivity contribution in [3.63, 3.8) is 0 Å². The Labute approximate surface area is 151 Å². The molecular weight excluding hydrogens is 328 g/mol. The van der Waals surface area contributed by atoms with Gasteiger partial charge in [0.1, 0.15) is 5.65 Å². The molecule has 3 aromatic heterocycles. The number of nitrogens with zero attached hydrogens (tertiary/aromatic N) is 4. The summed E-state index contributed by atoms with van der Waals surface area (Å²) in [4.78, 5) is 25.9. The number of imidazole rings is 1. The van der Waals surface area contributed by atoms with Gasteiger partial charge in [0, 0.05) is 37.0 Å². The average Bonchev–Trinajstić information content (AvgIpc) is 2.90. The smallest absolute Gasteiger partial charge is 0.222 e. The van der Waals surface area contributed by atoms with Crippen LogP contribution in [0.4, 0.5) is 5.95 Å². The van der Waals surface area contributed by atoms with Gasteiger partial charge < -0.3 is 15.0 Å². The van der Waals surface area contributed by atoms with Crippen LogP contribution >= 0.6 is 0 Å². The predicted octanol–water partition coefficient (Wildman–Crippen LogP) is 2.40. The van der Waals surface area contributed by atoms with E-state index in [9.17, 15) is 4.79 Å². The highest BCUT2D eigenvalue weighted by Crippen LogP contribution is 2.33. The SMILES string of the molecule is Cc1cccn2c3c(nc12)CNC(=O)CC3c1cnc(NC(C)C)nc1. The molecule has 7 heteroatoms. The number of pyridine rings is 1. The first-order chi connectivity index (χ1) is 12.5. The monoisotopic (exact) mass is 350 g/mol. The molecule has 0 aliphatic carbocycles. The van der Waals surface area contributed by atoms with Gasteiger partial charge >= 0.3 is 0 Å². The number of aryl methyl sites for hydroxylation is 1. The summed E-state index contributed by atoms with van der Waals surface area (Å²) in [6, 6.07) is 4.32. The number of hydrogen-bond acceptors (Lipinski definition) is 5. The van der Waals surface area contributed by atoms with Gasteiger partial charge in [-0.25, -0.2) is 15.0 Å². The third kappa shape index (κ3) is 2.89. The third-order valence-electron chi connectivity index (χ3n) is 4.62. The zero-order valence-corrected chi connectivity index (χ0v) is 15.2. The number of anilines is 1. The fourth-order valence-electron chi connectivity index (χ4n) is 3.43. The van der Waals surface area contributed by atoms with Gasteiger partial charge in [-0.05, 0) is 38.0 Å². The molecule has 2 N–H and O–H groups in total. The molecule has 1 amide bonds. The van der Waals surface area contributed by atoms with E-state index < -0.39 is 0 Å². The van der Waals surface area contributed by atoms with Crippen molar-refractivity contribution in [3.8, 4) is 0 Å². The molecule has 0 bridgehead atoms. The summed E-state index contributed by atoms with van der Waals surface area (Å²) in [6.45, 7) is 6.57. The van der Waals surface area contributed by atoms with Crippen molar-refractivity contribution in [1.82, 2.24) is 24.7 Å². The first-order valence-electron chi connectivity index (χ1n) is 8.84. The third-order valence-corrected chi connectivity index (χ3v) is 4.62. The first kappa shape index (κ1) is 16.5. The summed E-state index contributed by atoms with van der Waals surface area (Å²) >= 11 is 0. The number of carbonyl (C=O) groups is 1. The lowest BCUT2D eigenvalue weighted by Crippen LogP contribution is -2.21. The Hall–Kier alpha value is -2.96. The quantitative estimate of drug-likeness (QED) is 0.758. The molecule has 1 aliphatic rings. The number of carbonyl (C=O) groups excluding carboxylic acids is 1. The van der Waals surface area contributed by atoms with Crippen molar-refractivity contribution in [3.05, 3.63) is 53.2 Å². The molecule has 4 heterocycles. The number of fused-ring (bicyclic) bond motifs is 3. The number of amides is 1. The molecule has 7 nitrogen and oxygen atoms in total. The van der Waals surface area contributed by atoms with Crippen LogP contribution in [-0.2, 0) is 11.3 Å². The molecule has 0 saturated carbocycles. The van der Waals surface area contributed by atoms with Crippen LogP contribution in [-0.4, -0.2) is 31.3 Å². The lowest BCUT2D eigenvalue weighted by molar-refractivity contribution is -0.121. The van der Waals surface area contributed by atoms with Gasteiger partial charge in [-0.2, -0.15) is 0 Å². The highest BCUT2D eigenvalue weighted by atomic mass is 16.1. The molecule has 1 aliphatic heterocycles. The summed E-state index contributed by atoms with van der Waals surface area (Å²) in [5.41, 5.74) is 4.90. The van der Waals surface area contributed by atoms with Gasteiger partial charge in [0.15, 0.2) is 0 Å². The molecule has 4 rings (SSSR count). The lowest BCUT2D eigenvalue weighted by atomic mass is 9.94. The molecule has 0 spiro atoms. The Kier molecular flexibility index (Phi) is 4.06. The normalized spacial score (nSPS) is 17.1. The maximum atomic E-state index is 12.2. The Balaban J connectivity index is 1.82. The van der Waals surface area contributed by atoms with Crippen LogP contribution in [0.3, 0.4) is 0 Å². The van der Waals surface area contributed by atoms with E-state index in [2.05, 4.69) is 25.0 Å². The van der Waals surface area contributed by atoms with Gasteiger partial charge in [-0.3, -0.25) is 4.79 Å². The van der Waals surface area contributed by atoms with E-state index in [-0.39, 0.29) is 17.9 Å². The van der Waals surface area contributed by atoms with E-state index in [1.807, 2.05) is 39.1 Å². The van der Waals surface area contributed by atoms with Crippen molar-refractivity contribution in [2.75, 3.05) is 5.32 Å². The Morgan fingerprint density at radius 1 is 1.31 bits per heavy atom. The highest BCUT2D eigenvalue weighted by molar-refractivity contribution is 5.78. The summed E-state index contributed by atoms with van der Waals surface area (Å²) in [5, 5.41) is 6.14. The summed E-state index contributed by atoms with van der Waals surface area (Å²) < 4.78 is 2.09. The van der Waals surface area contributed by atoms with Crippen LogP contribution in [0.2, 0.25) is 0 Å². The van der Waals surface area contributed by atoms with Crippen LogP contribution < -0.4 is 10.6 Å². The number of hydrogen-bond donors (Lipinski definition) is 2. The van der Waals surface area contributed by atoms with Gasteiger partial charge in [-0.15, -0.1) is 0 Å². The van der Waals surface area contributed by atoms with Crippen molar-refractivity contribution < 1.29 is 4.79 Å². The molecule has 0 saturated heterocycles.